The molecule has 3 rings (SSSR count). The van der Waals surface area contributed by atoms with Gasteiger partial charge in [0.05, 0.1) is 16.4 Å². The summed E-state index contributed by atoms with van der Waals surface area (Å²) in [6.45, 7) is -0.0313. The maximum absolute atomic E-state index is 12.2. The van der Waals surface area contributed by atoms with E-state index < -0.39 is 14.9 Å². The van der Waals surface area contributed by atoms with E-state index in [9.17, 15) is 18.5 Å². The highest BCUT2D eigenvalue weighted by atomic mass is 32.2. The molecule has 0 radical (unpaired) electrons. The van der Waals surface area contributed by atoms with Gasteiger partial charge in [-0.15, -0.1) is 0 Å². The Labute approximate surface area is 162 Å². The van der Waals surface area contributed by atoms with Crippen LogP contribution in [0.15, 0.2) is 71.6 Å². The summed E-state index contributed by atoms with van der Waals surface area (Å²) in [6.07, 6.45) is 0. The standard InChI is InChI=1S/C20H16N2O5S/c23-22(24)17-9-6-10-18(15-17)28(25,26)21-13-3-4-14-27-20-12-5-8-16-7-1-2-11-19(16)20/h1-2,5-12,15,21H,13-14H2. The van der Waals surface area contributed by atoms with Crippen molar-refractivity contribution in [2.45, 2.75) is 4.90 Å². The summed E-state index contributed by atoms with van der Waals surface area (Å²) in [5.74, 6) is 6.11. The van der Waals surface area contributed by atoms with Gasteiger partial charge in [-0.25, -0.2) is 8.42 Å². The minimum Gasteiger partial charge on any atom is -0.480 e. The lowest BCUT2D eigenvalue weighted by Crippen LogP contribution is -2.24. The van der Waals surface area contributed by atoms with Crippen molar-refractivity contribution in [3.63, 3.8) is 0 Å². The molecule has 0 fully saturated rings. The van der Waals surface area contributed by atoms with Gasteiger partial charge >= 0.3 is 0 Å². The minimum atomic E-state index is -3.88. The van der Waals surface area contributed by atoms with Crippen LogP contribution in [0.2, 0.25) is 0 Å². The number of benzene rings is 3. The maximum Gasteiger partial charge on any atom is 0.270 e. The van der Waals surface area contributed by atoms with Gasteiger partial charge < -0.3 is 4.74 Å². The first-order valence-corrected chi connectivity index (χ1v) is 9.76. The molecule has 0 amide bonds. The molecule has 0 spiro atoms. The Kier molecular flexibility index (Phi) is 5.89. The lowest BCUT2D eigenvalue weighted by atomic mass is 10.1. The van der Waals surface area contributed by atoms with Gasteiger partial charge in [0, 0.05) is 17.5 Å². The Morgan fingerprint density at radius 1 is 1.00 bits per heavy atom. The third-order valence-corrected chi connectivity index (χ3v) is 5.26. The average molecular weight is 396 g/mol. The van der Waals surface area contributed by atoms with Gasteiger partial charge in [0.2, 0.25) is 10.0 Å². The van der Waals surface area contributed by atoms with E-state index in [1.54, 1.807) is 0 Å². The quantitative estimate of drug-likeness (QED) is 0.392. The second-order valence-corrected chi connectivity index (χ2v) is 7.47. The molecule has 0 saturated heterocycles. The number of hydrogen-bond donors (Lipinski definition) is 1. The average Bonchev–Trinajstić information content (AvgIpc) is 2.70. The first-order valence-electron chi connectivity index (χ1n) is 8.28. The zero-order valence-corrected chi connectivity index (χ0v) is 15.5. The fourth-order valence-corrected chi connectivity index (χ4v) is 3.49. The van der Waals surface area contributed by atoms with Crippen molar-refractivity contribution in [1.82, 2.24) is 4.72 Å². The van der Waals surface area contributed by atoms with Gasteiger partial charge in [0.1, 0.15) is 12.4 Å². The summed E-state index contributed by atoms with van der Waals surface area (Å²) in [5.41, 5.74) is -0.294. The van der Waals surface area contributed by atoms with Gasteiger partial charge in [-0.1, -0.05) is 54.3 Å². The zero-order valence-electron chi connectivity index (χ0n) is 14.7. The van der Waals surface area contributed by atoms with E-state index in [1.807, 2.05) is 42.5 Å². The predicted octanol–water partition coefficient (Wildman–Crippen LogP) is 3.11. The van der Waals surface area contributed by atoms with Crippen LogP contribution in [0.5, 0.6) is 5.75 Å². The normalized spacial score (nSPS) is 10.9. The van der Waals surface area contributed by atoms with Crippen molar-refractivity contribution in [3.05, 3.63) is 76.8 Å². The Hall–Kier alpha value is -3.41. The number of non-ortho nitro benzene ring substituents is 1. The molecular formula is C20H16N2O5S. The van der Waals surface area contributed by atoms with Crippen LogP contribution in [-0.2, 0) is 10.0 Å². The molecule has 0 unspecified atom stereocenters. The number of rotatable bonds is 6. The summed E-state index contributed by atoms with van der Waals surface area (Å²) < 4.78 is 32.3. The van der Waals surface area contributed by atoms with Crippen molar-refractivity contribution in [2.24, 2.45) is 0 Å². The Morgan fingerprint density at radius 3 is 2.57 bits per heavy atom. The van der Waals surface area contributed by atoms with Crippen LogP contribution in [-0.4, -0.2) is 26.5 Å². The number of ether oxygens (including phenoxy) is 1. The molecule has 1 N–H and O–H groups in total. The van der Waals surface area contributed by atoms with Gasteiger partial charge in [0.25, 0.3) is 5.69 Å². The first kappa shape index (κ1) is 19.4. The van der Waals surface area contributed by atoms with Gasteiger partial charge in [0.15, 0.2) is 0 Å². The van der Waals surface area contributed by atoms with Crippen LogP contribution >= 0.6 is 0 Å². The van der Waals surface area contributed by atoms with Crippen molar-refractivity contribution in [3.8, 4) is 17.6 Å². The number of fused-ring (bicyclic) bond motifs is 1. The highest BCUT2D eigenvalue weighted by molar-refractivity contribution is 7.89. The lowest BCUT2D eigenvalue weighted by Gasteiger charge is -2.06. The molecule has 0 atom stereocenters. The molecule has 142 valence electrons. The molecule has 0 aliphatic rings. The molecular weight excluding hydrogens is 380 g/mol. The summed E-state index contributed by atoms with van der Waals surface area (Å²) in [7, 11) is -3.88. The molecule has 8 heteroatoms. The van der Waals surface area contributed by atoms with Crippen LogP contribution in [0.1, 0.15) is 0 Å². The molecule has 7 nitrogen and oxygen atoms in total. The van der Waals surface area contributed by atoms with Gasteiger partial charge in [-0.05, 0) is 17.5 Å². The third kappa shape index (κ3) is 4.65. The third-order valence-electron chi connectivity index (χ3n) is 3.86. The summed E-state index contributed by atoms with van der Waals surface area (Å²) in [4.78, 5) is 9.93. The SMILES string of the molecule is O=[N+]([O-])c1cccc(S(=O)(=O)NCC#CCOc2cccc3ccccc23)c1. The Morgan fingerprint density at radius 2 is 1.75 bits per heavy atom. The molecule has 0 aliphatic carbocycles. The van der Waals surface area contributed by atoms with E-state index in [1.165, 1.54) is 18.2 Å². The molecule has 0 saturated carbocycles. The first-order chi connectivity index (χ1) is 13.5. The smallest absolute Gasteiger partial charge is 0.270 e. The Balaban J connectivity index is 1.58. The number of hydrogen-bond acceptors (Lipinski definition) is 5. The molecule has 0 heterocycles. The topological polar surface area (TPSA) is 98.5 Å². The molecule has 3 aromatic rings. The number of sulfonamides is 1. The number of nitro benzene ring substituents is 1. The molecule has 0 aliphatic heterocycles. The lowest BCUT2D eigenvalue weighted by molar-refractivity contribution is -0.385. The van der Waals surface area contributed by atoms with Crippen LogP contribution in [0.25, 0.3) is 10.8 Å². The van der Waals surface area contributed by atoms with E-state index in [4.69, 9.17) is 4.74 Å². The summed E-state index contributed by atoms with van der Waals surface area (Å²) in [6, 6.07) is 18.3. The van der Waals surface area contributed by atoms with Gasteiger partial charge in [-0.3, -0.25) is 10.1 Å². The fraction of sp³-hybridized carbons (Fsp3) is 0.100. The predicted molar refractivity (Wildman–Crippen MR) is 106 cm³/mol. The van der Waals surface area contributed by atoms with Crippen molar-refractivity contribution >= 4 is 26.5 Å². The largest absolute Gasteiger partial charge is 0.480 e. The summed E-state index contributed by atoms with van der Waals surface area (Å²) in [5, 5.41) is 12.8. The van der Waals surface area contributed by atoms with Crippen LogP contribution in [0.4, 0.5) is 5.69 Å². The van der Waals surface area contributed by atoms with E-state index in [-0.39, 0.29) is 23.7 Å². The van der Waals surface area contributed by atoms with Crippen molar-refractivity contribution < 1.29 is 18.1 Å². The zero-order chi connectivity index (χ0) is 20.0. The fourth-order valence-electron chi connectivity index (χ4n) is 2.53. The number of nitrogens with one attached hydrogen (secondary N) is 1. The molecule has 28 heavy (non-hydrogen) atoms. The number of nitrogens with zero attached hydrogens (tertiary/aromatic N) is 1. The van der Waals surface area contributed by atoms with Gasteiger partial charge in [-0.2, -0.15) is 4.72 Å². The van der Waals surface area contributed by atoms with E-state index in [0.717, 1.165) is 16.8 Å². The monoisotopic (exact) mass is 396 g/mol. The Bertz CT molecular complexity index is 1170. The van der Waals surface area contributed by atoms with Crippen LogP contribution in [0, 0.1) is 22.0 Å². The summed E-state index contributed by atoms with van der Waals surface area (Å²) >= 11 is 0. The van der Waals surface area contributed by atoms with E-state index in [0.29, 0.717) is 5.75 Å². The van der Waals surface area contributed by atoms with Crippen molar-refractivity contribution in [1.29, 1.82) is 0 Å². The molecule has 0 aromatic heterocycles. The van der Waals surface area contributed by atoms with E-state index >= 15 is 0 Å². The second kappa shape index (κ2) is 8.52. The number of nitro groups is 1. The molecule has 3 aromatic carbocycles. The second-order valence-electron chi connectivity index (χ2n) is 5.70. The van der Waals surface area contributed by atoms with Crippen LogP contribution < -0.4 is 9.46 Å². The van der Waals surface area contributed by atoms with Crippen molar-refractivity contribution in [2.75, 3.05) is 13.2 Å². The maximum atomic E-state index is 12.2. The van der Waals surface area contributed by atoms with E-state index in [2.05, 4.69) is 16.6 Å². The van der Waals surface area contributed by atoms with Crippen LogP contribution in [0.3, 0.4) is 0 Å². The minimum absolute atomic E-state index is 0.104. The molecule has 0 bridgehead atoms. The highest BCUT2D eigenvalue weighted by Crippen LogP contribution is 2.24. The highest BCUT2D eigenvalue weighted by Gasteiger charge is 2.16.